The molecular weight excluding hydrogens is 486 g/mol. The summed E-state index contributed by atoms with van der Waals surface area (Å²) in [4.78, 5) is 12.3. The largest absolute Gasteiger partial charge is 0.394 e. The third-order valence-corrected chi connectivity index (χ3v) is 7.15. The Labute approximate surface area is 241 Å². The summed E-state index contributed by atoms with van der Waals surface area (Å²) in [6.07, 6.45) is 34.1. The second kappa shape index (κ2) is 29.6. The summed E-state index contributed by atoms with van der Waals surface area (Å²) in [5, 5.41) is 32.8. The number of amides is 1. The molecule has 0 rings (SSSR count). The Kier molecular flexibility index (Phi) is 28.5. The van der Waals surface area contributed by atoms with Crippen molar-refractivity contribution in [1.29, 1.82) is 0 Å². The summed E-state index contributed by atoms with van der Waals surface area (Å²) in [6, 6.07) is -0.759. The van der Waals surface area contributed by atoms with E-state index in [1.807, 2.05) is 6.08 Å². The molecule has 0 aromatic heterocycles. The fraction of sp³-hybridized carbons (Fsp3) is 0.794. The van der Waals surface area contributed by atoms with Crippen molar-refractivity contribution < 1.29 is 20.1 Å². The molecule has 0 heterocycles. The molecule has 4 N–H and O–H groups in total. The highest BCUT2D eigenvalue weighted by Gasteiger charge is 2.20. The van der Waals surface area contributed by atoms with E-state index < -0.39 is 18.2 Å². The molecule has 3 unspecified atom stereocenters. The lowest BCUT2D eigenvalue weighted by atomic mass is 10.0. The van der Waals surface area contributed by atoms with Gasteiger partial charge in [-0.2, -0.15) is 0 Å². The molecule has 3 atom stereocenters. The van der Waals surface area contributed by atoms with Crippen LogP contribution in [-0.4, -0.2) is 46.1 Å². The summed E-state index contributed by atoms with van der Waals surface area (Å²) in [6.45, 7) is 4.11. The van der Waals surface area contributed by atoms with E-state index >= 15 is 0 Å². The number of nitrogens with one attached hydrogen (secondary N) is 1. The van der Waals surface area contributed by atoms with Crippen molar-refractivity contribution in [2.45, 2.75) is 167 Å². The number of aliphatic hydroxyl groups is 3. The normalized spacial score (nSPS) is 14.5. The molecule has 0 aliphatic carbocycles. The highest BCUT2D eigenvalue weighted by Crippen LogP contribution is 2.12. The molecular formula is C34H63NO4. The zero-order chi connectivity index (χ0) is 28.8. The molecule has 0 saturated heterocycles. The highest BCUT2D eigenvalue weighted by atomic mass is 16.3. The van der Waals surface area contributed by atoms with Crippen LogP contribution in [0.25, 0.3) is 0 Å². The zero-order valence-corrected chi connectivity index (χ0v) is 25.5. The second-order valence-electron chi connectivity index (χ2n) is 11.1. The van der Waals surface area contributed by atoms with Crippen LogP contribution >= 0.6 is 0 Å². The molecule has 5 nitrogen and oxygen atoms in total. The molecule has 0 spiro atoms. The van der Waals surface area contributed by atoms with Crippen LogP contribution in [0, 0.1) is 0 Å². The maximum absolute atomic E-state index is 12.3. The quantitative estimate of drug-likeness (QED) is 0.0586. The first-order valence-electron chi connectivity index (χ1n) is 16.3. The number of hydrogen-bond acceptors (Lipinski definition) is 4. The lowest BCUT2D eigenvalue weighted by Crippen LogP contribution is -2.45. The molecule has 0 fully saturated rings. The molecule has 0 aliphatic rings. The minimum Gasteiger partial charge on any atom is -0.394 e. The van der Waals surface area contributed by atoms with Crippen LogP contribution in [0.4, 0.5) is 0 Å². The van der Waals surface area contributed by atoms with E-state index in [0.29, 0.717) is 6.42 Å². The van der Waals surface area contributed by atoms with E-state index in [-0.39, 0.29) is 18.9 Å². The van der Waals surface area contributed by atoms with Crippen molar-refractivity contribution in [1.82, 2.24) is 5.32 Å². The first-order chi connectivity index (χ1) is 19.0. The van der Waals surface area contributed by atoms with E-state index in [9.17, 15) is 20.1 Å². The molecule has 0 bridgehead atoms. The van der Waals surface area contributed by atoms with Crippen LogP contribution in [0.5, 0.6) is 0 Å². The maximum Gasteiger partial charge on any atom is 0.222 e. The van der Waals surface area contributed by atoms with Gasteiger partial charge in [0.05, 0.1) is 31.3 Å². The van der Waals surface area contributed by atoms with Crippen LogP contribution in [0.15, 0.2) is 36.5 Å². The Hall–Kier alpha value is -1.43. The summed E-state index contributed by atoms with van der Waals surface area (Å²) in [5.41, 5.74) is 0. The first-order valence-corrected chi connectivity index (χ1v) is 16.3. The van der Waals surface area contributed by atoms with Crippen LogP contribution in [0.1, 0.15) is 149 Å². The van der Waals surface area contributed by atoms with Gasteiger partial charge >= 0.3 is 0 Å². The number of carbonyl (C=O) groups excluding carboxylic acids is 1. The lowest BCUT2D eigenvalue weighted by Gasteiger charge is -2.20. The SMILES string of the molecule is CCCCC/C=C/CC/C=C/C(O)C(CO)NC(=O)CC(O)CCCCCCC/C=C\CCCCCCCC. The van der Waals surface area contributed by atoms with Crippen molar-refractivity contribution >= 4 is 5.91 Å². The van der Waals surface area contributed by atoms with Gasteiger partial charge in [-0.15, -0.1) is 0 Å². The zero-order valence-electron chi connectivity index (χ0n) is 25.5. The standard InChI is InChI=1S/C34H63NO4/c1-3-5-7-9-11-13-14-15-16-17-18-20-21-23-25-27-31(37)29-34(39)35-32(30-36)33(38)28-26-24-22-19-12-10-8-6-4-2/h12,15-16,19,26,28,31-33,36-38H,3-11,13-14,17-18,20-25,27,29-30H2,1-2H3,(H,35,39)/b16-15-,19-12+,28-26+. The van der Waals surface area contributed by atoms with Gasteiger partial charge < -0.3 is 20.6 Å². The van der Waals surface area contributed by atoms with Crippen LogP contribution in [0.2, 0.25) is 0 Å². The van der Waals surface area contributed by atoms with Gasteiger partial charge in [0.2, 0.25) is 5.91 Å². The van der Waals surface area contributed by atoms with E-state index in [4.69, 9.17) is 0 Å². The third kappa shape index (κ3) is 26.6. The molecule has 39 heavy (non-hydrogen) atoms. The van der Waals surface area contributed by atoms with E-state index in [2.05, 4.69) is 43.5 Å². The van der Waals surface area contributed by atoms with Crippen molar-refractivity contribution in [2.24, 2.45) is 0 Å². The number of carbonyl (C=O) groups is 1. The minimum atomic E-state index is -0.949. The molecule has 0 radical (unpaired) electrons. The second-order valence-corrected chi connectivity index (χ2v) is 11.1. The van der Waals surface area contributed by atoms with E-state index in [1.165, 1.54) is 77.0 Å². The van der Waals surface area contributed by atoms with Crippen LogP contribution < -0.4 is 5.32 Å². The lowest BCUT2D eigenvalue weighted by molar-refractivity contribution is -0.124. The average Bonchev–Trinajstić information content (AvgIpc) is 2.92. The topological polar surface area (TPSA) is 89.8 Å². The first kappa shape index (κ1) is 37.6. The summed E-state index contributed by atoms with van der Waals surface area (Å²) in [7, 11) is 0. The Morgan fingerprint density at radius 1 is 0.641 bits per heavy atom. The van der Waals surface area contributed by atoms with Gasteiger partial charge in [0.1, 0.15) is 0 Å². The van der Waals surface area contributed by atoms with Gasteiger partial charge in [0.15, 0.2) is 0 Å². The van der Waals surface area contributed by atoms with Gasteiger partial charge in [-0.05, 0) is 57.8 Å². The predicted molar refractivity (Wildman–Crippen MR) is 167 cm³/mol. The summed E-state index contributed by atoms with van der Waals surface area (Å²) < 4.78 is 0. The molecule has 0 saturated carbocycles. The van der Waals surface area contributed by atoms with Crippen molar-refractivity contribution in [3.05, 3.63) is 36.5 Å². The molecule has 0 aliphatic heterocycles. The van der Waals surface area contributed by atoms with Gasteiger partial charge in [-0.1, -0.05) is 121 Å². The minimum absolute atomic E-state index is 0.000834. The van der Waals surface area contributed by atoms with Gasteiger partial charge in [-0.3, -0.25) is 4.79 Å². The van der Waals surface area contributed by atoms with Crippen molar-refractivity contribution in [2.75, 3.05) is 6.61 Å². The van der Waals surface area contributed by atoms with Gasteiger partial charge in [-0.25, -0.2) is 0 Å². The monoisotopic (exact) mass is 549 g/mol. The predicted octanol–water partition coefficient (Wildman–Crippen LogP) is 8.09. The highest BCUT2D eigenvalue weighted by molar-refractivity contribution is 5.76. The number of unbranched alkanes of at least 4 members (excludes halogenated alkanes) is 15. The molecule has 5 heteroatoms. The summed E-state index contributed by atoms with van der Waals surface area (Å²) in [5.74, 6) is -0.336. The fourth-order valence-corrected chi connectivity index (χ4v) is 4.58. The Balaban J connectivity index is 3.81. The van der Waals surface area contributed by atoms with E-state index in [1.54, 1.807) is 6.08 Å². The number of allylic oxidation sites excluding steroid dienone is 5. The number of rotatable bonds is 28. The average molecular weight is 550 g/mol. The fourth-order valence-electron chi connectivity index (χ4n) is 4.58. The van der Waals surface area contributed by atoms with Crippen LogP contribution in [0.3, 0.4) is 0 Å². The van der Waals surface area contributed by atoms with Gasteiger partial charge in [0.25, 0.3) is 0 Å². The van der Waals surface area contributed by atoms with Crippen LogP contribution in [-0.2, 0) is 4.79 Å². The molecule has 1 amide bonds. The number of hydrogen-bond donors (Lipinski definition) is 4. The number of aliphatic hydroxyl groups excluding tert-OH is 3. The maximum atomic E-state index is 12.3. The van der Waals surface area contributed by atoms with E-state index in [0.717, 1.165) is 44.9 Å². The molecule has 228 valence electrons. The Morgan fingerprint density at radius 3 is 1.69 bits per heavy atom. The third-order valence-electron chi connectivity index (χ3n) is 7.15. The summed E-state index contributed by atoms with van der Waals surface area (Å²) >= 11 is 0. The van der Waals surface area contributed by atoms with Gasteiger partial charge in [0, 0.05) is 0 Å². The smallest absolute Gasteiger partial charge is 0.222 e. The van der Waals surface area contributed by atoms with Crippen molar-refractivity contribution in [3.8, 4) is 0 Å². The van der Waals surface area contributed by atoms with Crippen molar-refractivity contribution in [3.63, 3.8) is 0 Å². The molecule has 0 aromatic carbocycles. The molecule has 0 aromatic rings. The Bertz CT molecular complexity index is 616. The Morgan fingerprint density at radius 2 is 1.10 bits per heavy atom.